The van der Waals surface area contributed by atoms with Gasteiger partial charge in [0.2, 0.25) is 12.1 Å². The second kappa shape index (κ2) is 2.93. The average molecular weight is 198 g/mol. The molecule has 0 radical (unpaired) electrons. The Morgan fingerprint density at radius 3 is 2.43 bits per heavy atom. The minimum absolute atomic E-state index is 0.167. The lowest BCUT2D eigenvalue weighted by Crippen LogP contribution is -2.18. The highest BCUT2D eigenvalue weighted by molar-refractivity contribution is 6.41. The molecule has 0 saturated carbocycles. The Hall–Kier alpha value is -1.66. The van der Waals surface area contributed by atoms with Gasteiger partial charge in [-0.05, 0) is 0 Å². The molecule has 2 N–H and O–H groups in total. The van der Waals surface area contributed by atoms with E-state index in [-0.39, 0.29) is 11.5 Å². The van der Waals surface area contributed by atoms with Gasteiger partial charge in [0.15, 0.2) is 17.6 Å². The molecule has 1 aliphatic rings. The van der Waals surface area contributed by atoms with Crippen LogP contribution in [0.3, 0.4) is 0 Å². The highest BCUT2D eigenvalue weighted by atomic mass is 16.6. The quantitative estimate of drug-likeness (QED) is 0.591. The van der Waals surface area contributed by atoms with Crippen LogP contribution in [0, 0.1) is 0 Å². The summed E-state index contributed by atoms with van der Waals surface area (Å²) >= 11 is 0. The number of hydrogen-bond acceptors (Lipinski definition) is 6. The van der Waals surface area contributed by atoms with Crippen LogP contribution in [0.5, 0.6) is 5.75 Å². The molecule has 1 aliphatic heterocycles. The molecule has 6 heteroatoms. The topological polar surface area (TPSA) is 97.0 Å². The predicted molar refractivity (Wildman–Crippen MR) is 40.2 cm³/mol. The molecule has 74 valence electrons. The summed E-state index contributed by atoms with van der Waals surface area (Å²) in [6, 6.07) is 1.21. The lowest BCUT2D eigenvalue weighted by Gasteiger charge is -2.04. The van der Waals surface area contributed by atoms with Gasteiger partial charge in [0.05, 0.1) is 6.26 Å². The molecule has 1 aromatic rings. The molecule has 2 atom stereocenters. The van der Waals surface area contributed by atoms with E-state index in [1.165, 1.54) is 6.07 Å². The van der Waals surface area contributed by atoms with Gasteiger partial charge in [0.25, 0.3) is 5.78 Å². The number of aliphatic hydroxyl groups excluding tert-OH is 1. The number of carbonyl (C=O) groups excluding carboxylic acids is 2. The van der Waals surface area contributed by atoms with Gasteiger partial charge in [-0.1, -0.05) is 0 Å². The van der Waals surface area contributed by atoms with E-state index >= 15 is 0 Å². The summed E-state index contributed by atoms with van der Waals surface area (Å²) in [6.07, 6.45) is -1.96. The Bertz CT molecular complexity index is 392. The van der Waals surface area contributed by atoms with Gasteiger partial charge in [-0.3, -0.25) is 9.59 Å². The van der Waals surface area contributed by atoms with Crippen LogP contribution in [0.25, 0.3) is 0 Å². The number of ether oxygens (including phenoxy) is 1. The molecule has 14 heavy (non-hydrogen) atoms. The van der Waals surface area contributed by atoms with Gasteiger partial charge in [0.1, 0.15) is 0 Å². The highest BCUT2D eigenvalue weighted by Crippen LogP contribution is 2.33. The molecule has 0 amide bonds. The third-order valence-electron chi connectivity index (χ3n) is 1.88. The minimum Gasteiger partial charge on any atom is -0.504 e. The second-order valence-corrected chi connectivity index (χ2v) is 2.77. The zero-order chi connectivity index (χ0) is 10.3. The molecular weight excluding hydrogens is 192 g/mol. The Morgan fingerprint density at radius 2 is 2.00 bits per heavy atom. The van der Waals surface area contributed by atoms with Crippen molar-refractivity contribution < 1.29 is 29.0 Å². The van der Waals surface area contributed by atoms with E-state index in [0.29, 0.717) is 0 Å². The first-order valence-electron chi connectivity index (χ1n) is 3.79. The van der Waals surface area contributed by atoms with Crippen molar-refractivity contribution in [3.63, 3.8) is 0 Å². The predicted octanol–water partition coefficient (Wildman–Crippen LogP) is -0.487. The van der Waals surface area contributed by atoms with E-state index < -0.39 is 24.0 Å². The number of furan rings is 1. The summed E-state index contributed by atoms with van der Waals surface area (Å²) in [5.41, 5.74) is 0. The highest BCUT2D eigenvalue weighted by Gasteiger charge is 2.44. The number of ketones is 2. The summed E-state index contributed by atoms with van der Waals surface area (Å²) < 4.78 is 9.37. The fraction of sp³-hybridized carbons (Fsp3) is 0.250. The molecule has 2 unspecified atom stereocenters. The molecular formula is C8H6O6. The SMILES string of the molecule is O=C1C(=O)C(c2occc2O)OC1O. The molecule has 2 heterocycles. The van der Waals surface area contributed by atoms with Crippen LogP contribution >= 0.6 is 0 Å². The molecule has 6 nitrogen and oxygen atoms in total. The van der Waals surface area contributed by atoms with Gasteiger partial charge in [0, 0.05) is 6.07 Å². The van der Waals surface area contributed by atoms with Crippen LogP contribution in [-0.2, 0) is 14.3 Å². The third kappa shape index (κ3) is 1.12. The number of Topliss-reactive ketones (excluding diaryl/α,β-unsaturated/α-hetero) is 2. The van der Waals surface area contributed by atoms with Crippen molar-refractivity contribution in [1.82, 2.24) is 0 Å². The fourth-order valence-corrected chi connectivity index (χ4v) is 1.19. The number of rotatable bonds is 1. The summed E-state index contributed by atoms with van der Waals surface area (Å²) in [5.74, 6) is -2.42. The van der Waals surface area contributed by atoms with Gasteiger partial charge in [-0.15, -0.1) is 0 Å². The first-order valence-corrected chi connectivity index (χ1v) is 3.79. The van der Waals surface area contributed by atoms with Crippen molar-refractivity contribution in [2.75, 3.05) is 0 Å². The van der Waals surface area contributed by atoms with E-state index in [1.54, 1.807) is 0 Å². The van der Waals surface area contributed by atoms with Crippen molar-refractivity contribution >= 4 is 11.6 Å². The first-order chi connectivity index (χ1) is 6.61. The van der Waals surface area contributed by atoms with E-state index in [9.17, 15) is 14.7 Å². The van der Waals surface area contributed by atoms with E-state index in [2.05, 4.69) is 4.74 Å². The maximum Gasteiger partial charge on any atom is 0.257 e. The van der Waals surface area contributed by atoms with Gasteiger partial charge in [-0.25, -0.2) is 0 Å². The third-order valence-corrected chi connectivity index (χ3v) is 1.88. The second-order valence-electron chi connectivity index (χ2n) is 2.77. The minimum atomic E-state index is -1.77. The zero-order valence-corrected chi connectivity index (χ0v) is 6.84. The Kier molecular flexibility index (Phi) is 1.87. The Labute approximate surface area is 77.7 Å². The van der Waals surface area contributed by atoms with Crippen molar-refractivity contribution in [3.05, 3.63) is 18.1 Å². The number of aromatic hydroxyl groups is 1. The summed E-state index contributed by atoms with van der Waals surface area (Å²) in [6.45, 7) is 0. The van der Waals surface area contributed by atoms with Crippen molar-refractivity contribution in [3.8, 4) is 5.75 Å². The van der Waals surface area contributed by atoms with Crippen molar-refractivity contribution in [1.29, 1.82) is 0 Å². The molecule has 1 aromatic heterocycles. The maximum atomic E-state index is 11.2. The van der Waals surface area contributed by atoms with Crippen LogP contribution in [0.1, 0.15) is 11.9 Å². The van der Waals surface area contributed by atoms with Crippen LogP contribution in [0.4, 0.5) is 0 Å². The first kappa shape index (κ1) is 8.92. The summed E-state index contributed by atoms with van der Waals surface area (Å²) in [5, 5.41) is 18.1. The van der Waals surface area contributed by atoms with Gasteiger partial charge in [-0.2, -0.15) is 0 Å². The van der Waals surface area contributed by atoms with Gasteiger partial charge < -0.3 is 19.4 Å². The monoisotopic (exact) mass is 198 g/mol. The van der Waals surface area contributed by atoms with Crippen LogP contribution in [0.2, 0.25) is 0 Å². The fourth-order valence-electron chi connectivity index (χ4n) is 1.19. The molecule has 1 saturated heterocycles. The molecule has 0 aliphatic carbocycles. The smallest absolute Gasteiger partial charge is 0.257 e. The summed E-state index contributed by atoms with van der Waals surface area (Å²) in [7, 11) is 0. The zero-order valence-electron chi connectivity index (χ0n) is 6.84. The summed E-state index contributed by atoms with van der Waals surface area (Å²) in [4.78, 5) is 22.0. The van der Waals surface area contributed by atoms with E-state index in [1.807, 2.05) is 0 Å². The average Bonchev–Trinajstić information content (AvgIpc) is 2.66. The normalized spacial score (nSPS) is 27.2. The van der Waals surface area contributed by atoms with E-state index in [0.717, 1.165) is 6.26 Å². The molecule has 0 aromatic carbocycles. The maximum absolute atomic E-state index is 11.2. The number of hydrogen-bond donors (Lipinski definition) is 2. The number of aliphatic hydroxyl groups is 1. The van der Waals surface area contributed by atoms with Crippen molar-refractivity contribution in [2.24, 2.45) is 0 Å². The Morgan fingerprint density at radius 1 is 1.29 bits per heavy atom. The molecule has 0 spiro atoms. The lowest BCUT2D eigenvalue weighted by molar-refractivity contribution is -0.145. The standard InChI is InChI=1S/C8H6O6/c9-3-1-2-13-6(3)7-4(10)5(11)8(12)14-7/h1-2,7-9,12H. The van der Waals surface area contributed by atoms with Crippen LogP contribution in [0.15, 0.2) is 16.7 Å². The number of carbonyl (C=O) groups is 2. The van der Waals surface area contributed by atoms with Gasteiger partial charge >= 0.3 is 0 Å². The lowest BCUT2D eigenvalue weighted by atomic mass is 10.1. The molecule has 1 fully saturated rings. The Balaban J connectivity index is 2.34. The van der Waals surface area contributed by atoms with Crippen molar-refractivity contribution in [2.45, 2.75) is 12.4 Å². The molecule has 0 bridgehead atoms. The van der Waals surface area contributed by atoms with Crippen LogP contribution in [-0.4, -0.2) is 28.1 Å². The van der Waals surface area contributed by atoms with Crippen LogP contribution < -0.4 is 0 Å². The largest absolute Gasteiger partial charge is 0.504 e. The van der Waals surface area contributed by atoms with E-state index in [4.69, 9.17) is 9.52 Å². The molecule has 2 rings (SSSR count).